The molecule has 2 N–H and O–H groups in total. The highest BCUT2D eigenvalue weighted by Gasteiger charge is 2.25. The van der Waals surface area contributed by atoms with Crippen LogP contribution in [0.3, 0.4) is 0 Å². The third-order valence-corrected chi connectivity index (χ3v) is 5.32. The van der Waals surface area contributed by atoms with Gasteiger partial charge in [-0.1, -0.05) is 0 Å². The third kappa shape index (κ3) is 2.90. The SMILES string of the molecule is OCCN1CCN(C2=Nc3cc(F)ccc3Nc3ccsc32)CC1. The number of aliphatic hydroxyl groups excluding tert-OH is 1. The summed E-state index contributed by atoms with van der Waals surface area (Å²) in [6.07, 6.45) is 0. The summed E-state index contributed by atoms with van der Waals surface area (Å²) in [5.41, 5.74) is 2.47. The molecule has 0 amide bonds. The predicted molar refractivity (Wildman–Crippen MR) is 95.3 cm³/mol. The number of β-amino-alcohol motifs (C(OH)–C–C–N with tert-alkyl or cyclic N) is 1. The fourth-order valence-corrected chi connectivity index (χ4v) is 4.00. The van der Waals surface area contributed by atoms with Crippen molar-refractivity contribution in [3.63, 3.8) is 0 Å². The zero-order valence-electron chi connectivity index (χ0n) is 13.2. The number of halogens is 1. The lowest BCUT2D eigenvalue weighted by atomic mass is 10.2. The Labute approximate surface area is 144 Å². The van der Waals surface area contributed by atoms with Crippen LogP contribution in [0.1, 0.15) is 4.88 Å². The van der Waals surface area contributed by atoms with E-state index in [0.29, 0.717) is 12.2 Å². The third-order valence-electron chi connectivity index (χ3n) is 4.41. The maximum absolute atomic E-state index is 13.6. The molecule has 1 fully saturated rings. The van der Waals surface area contributed by atoms with Gasteiger partial charge in [0.05, 0.1) is 28.5 Å². The first-order valence-electron chi connectivity index (χ1n) is 8.06. The van der Waals surface area contributed by atoms with Crippen LogP contribution in [0.15, 0.2) is 34.6 Å². The molecule has 2 aromatic rings. The Morgan fingerprint density at radius 2 is 2.00 bits per heavy atom. The van der Waals surface area contributed by atoms with Gasteiger partial charge in [0.1, 0.15) is 11.7 Å². The van der Waals surface area contributed by atoms with Gasteiger partial charge in [-0.3, -0.25) is 4.90 Å². The molecule has 4 rings (SSSR count). The molecule has 1 aromatic carbocycles. The van der Waals surface area contributed by atoms with Crippen molar-refractivity contribution in [3.05, 3.63) is 40.3 Å². The fourth-order valence-electron chi connectivity index (χ4n) is 3.13. The molecule has 0 atom stereocenters. The Balaban J connectivity index is 1.68. The number of aliphatic imine (C=N–C) groups is 1. The fraction of sp³-hybridized carbons (Fsp3) is 0.353. The number of rotatable bonds is 2. The largest absolute Gasteiger partial charge is 0.395 e. The van der Waals surface area contributed by atoms with E-state index in [-0.39, 0.29) is 12.4 Å². The van der Waals surface area contributed by atoms with Crippen LogP contribution in [0.25, 0.3) is 0 Å². The average Bonchev–Trinajstić information content (AvgIpc) is 2.98. The number of hydrogen-bond donors (Lipinski definition) is 2. The summed E-state index contributed by atoms with van der Waals surface area (Å²) in [4.78, 5) is 10.4. The molecule has 126 valence electrons. The quantitative estimate of drug-likeness (QED) is 0.878. The van der Waals surface area contributed by atoms with Crippen molar-refractivity contribution in [2.24, 2.45) is 4.99 Å². The second-order valence-electron chi connectivity index (χ2n) is 5.94. The standard InChI is InChI=1S/C17H19FN4OS/c18-12-1-2-13-15(11-12)20-17(16-14(19-13)3-10-24-16)22-6-4-21(5-7-22)8-9-23/h1-3,10-11,19,23H,4-9H2. The molecule has 1 saturated heterocycles. The van der Waals surface area contributed by atoms with E-state index < -0.39 is 0 Å². The molecule has 0 radical (unpaired) electrons. The zero-order chi connectivity index (χ0) is 16.5. The summed E-state index contributed by atoms with van der Waals surface area (Å²) >= 11 is 1.64. The summed E-state index contributed by atoms with van der Waals surface area (Å²) < 4.78 is 13.6. The molecule has 0 bridgehead atoms. The van der Waals surface area contributed by atoms with Crippen molar-refractivity contribution in [2.45, 2.75) is 0 Å². The number of thiophene rings is 1. The summed E-state index contributed by atoms with van der Waals surface area (Å²) in [6, 6.07) is 6.70. The van der Waals surface area contributed by atoms with Crippen LogP contribution in [0, 0.1) is 5.82 Å². The summed E-state index contributed by atoms with van der Waals surface area (Å²) in [5.74, 6) is 0.622. The number of anilines is 2. The van der Waals surface area contributed by atoms with Crippen LogP contribution in [0.5, 0.6) is 0 Å². The van der Waals surface area contributed by atoms with Gasteiger partial charge in [-0.25, -0.2) is 9.38 Å². The van der Waals surface area contributed by atoms with Gasteiger partial charge in [-0.05, 0) is 23.6 Å². The minimum absolute atomic E-state index is 0.187. The predicted octanol–water partition coefficient (Wildman–Crippen LogP) is 2.63. The smallest absolute Gasteiger partial charge is 0.148 e. The van der Waals surface area contributed by atoms with Gasteiger partial charge in [0.25, 0.3) is 0 Å². The summed E-state index contributed by atoms with van der Waals surface area (Å²) in [5, 5.41) is 14.5. The van der Waals surface area contributed by atoms with Crippen LogP contribution in [-0.2, 0) is 0 Å². The monoisotopic (exact) mass is 346 g/mol. The molecule has 5 nitrogen and oxygen atoms in total. The minimum atomic E-state index is -0.281. The van der Waals surface area contributed by atoms with Crippen molar-refractivity contribution >= 4 is 34.2 Å². The Morgan fingerprint density at radius 1 is 1.17 bits per heavy atom. The highest BCUT2D eigenvalue weighted by Crippen LogP contribution is 2.37. The molecule has 3 heterocycles. The van der Waals surface area contributed by atoms with Gasteiger partial charge in [0, 0.05) is 38.8 Å². The lowest BCUT2D eigenvalue weighted by Gasteiger charge is -2.36. The van der Waals surface area contributed by atoms with E-state index in [0.717, 1.165) is 48.3 Å². The minimum Gasteiger partial charge on any atom is -0.395 e. The first-order valence-corrected chi connectivity index (χ1v) is 8.94. The van der Waals surface area contributed by atoms with Crippen molar-refractivity contribution in [3.8, 4) is 0 Å². The van der Waals surface area contributed by atoms with E-state index in [1.165, 1.54) is 12.1 Å². The van der Waals surface area contributed by atoms with Crippen LogP contribution in [0.4, 0.5) is 21.5 Å². The molecule has 7 heteroatoms. The molecule has 0 saturated carbocycles. The molecule has 1 aromatic heterocycles. The second kappa shape index (κ2) is 6.51. The van der Waals surface area contributed by atoms with Gasteiger partial charge in [-0.15, -0.1) is 11.3 Å². The summed E-state index contributed by atoms with van der Waals surface area (Å²) in [7, 11) is 0. The Morgan fingerprint density at radius 3 is 2.79 bits per heavy atom. The first kappa shape index (κ1) is 15.6. The number of hydrogen-bond acceptors (Lipinski definition) is 6. The van der Waals surface area contributed by atoms with Crippen molar-refractivity contribution < 1.29 is 9.50 Å². The number of piperazine rings is 1. The maximum Gasteiger partial charge on any atom is 0.148 e. The first-order chi connectivity index (χ1) is 11.7. The highest BCUT2D eigenvalue weighted by molar-refractivity contribution is 7.12. The van der Waals surface area contributed by atoms with E-state index in [1.54, 1.807) is 17.4 Å². The van der Waals surface area contributed by atoms with Crippen molar-refractivity contribution in [2.75, 3.05) is 44.6 Å². The average molecular weight is 346 g/mol. The zero-order valence-corrected chi connectivity index (χ0v) is 14.0. The van der Waals surface area contributed by atoms with E-state index in [1.807, 2.05) is 11.4 Å². The molecule has 2 aliphatic heterocycles. The second-order valence-corrected chi connectivity index (χ2v) is 6.85. The highest BCUT2D eigenvalue weighted by atomic mass is 32.1. The number of aliphatic hydroxyl groups is 1. The van der Waals surface area contributed by atoms with E-state index >= 15 is 0 Å². The number of benzene rings is 1. The topological polar surface area (TPSA) is 51.1 Å². The van der Waals surface area contributed by atoms with Crippen LogP contribution in [-0.4, -0.2) is 60.1 Å². The molecule has 24 heavy (non-hydrogen) atoms. The number of fused-ring (bicyclic) bond motifs is 2. The van der Waals surface area contributed by atoms with Gasteiger partial charge in [0.15, 0.2) is 0 Å². The van der Waals surface area contributed by atoms with Gasteiger partial charge in [0.2, 0.25) is 0 Å². The summed E-state index contributed by atoms with van der Waals surface area (Å²) in [6.45, 7) is 4.38. The molecular formula is C17H19FN4OS. The molecule has 0 unspecified atom stereocenters. The Hall–Kier alpha value is -1.96. The number of nitrogens with zero attached hydrogens (tertiary/aromatic N) is 3. The molecular weight excluding hydrogens is 327 g/mol. The Kier molecular flexibility index (Phi) is 4.22. The lowest BCUT2D eigenvalue weighted by molar-refractivity contribution is 0.147. The lowest BCUT2D eigenvalue weighted by Crippen LogP contribution is -2.49. The van der Waals surface area contributed by atoms with Crippen molar-refractivity contribution in [1.29, 1.82) is 0 Å². The number of amidine groups is 1. The van der Waals surface area contributed by atoms with E-state index in [4.69, 9.17) is 10.1 Å². The van der Waals surface area contributed by atoms with Crippen LogP contribution in [0.2, 0.25) is 0 Å². The van der Waals surface area contributed by atoms with Crippen molar-refractivity contribution in [1.82, 2.24) is 9.80 Å². The van der Waals surface area contributed by atoms with Gasteiger partial charge < -0.3 is 15.3 Å². The number of nitrogens with one attached hydrogen (secondary N) is 1. The van der Waals surface area contributed by atoms with Gasteiger partial charge in [-0.2, -0.15) is 0 Å². The van der Waals surface area contributed by atoms with Gasteiger partial charge >= 0.3 is 0 Å². The molecule has 0 aliphatic carbocycles. The van der Waals surface area contributed by atoms with Crippen LogP contribution >= 0.6 is 11.3 Å². The molecule has 2 aliphatic rings. The van der Waals surface area contributed by atoms with E-state index in [9.17, 15) is 4.39 Å². The molecule has 0 spiro atoms. The Bertz CT molecular complexity index is 768. The maximum atomic E-state index is 13.6. The normalized spacial score (nSPS) is 17.6. The van der Waals surface area contributed by atoms with Crippen LogP contribution < -0.4 is 5.32 Å². The van der Waals surface area contributed by atoms with E-state index in [2.05, 4.69) is 15.1 Å².